The minimum Gasteiger partial charge on any atom is -0.393 e. The highest BCUT2D eigenvalue weighted by Gasteiger charge is 2.26. The van der Waals surface area contributed by atoms with Crippen molar-refractivity contribution < 1.29 is 16.8 Å². The molecule has 1 aliphatic rings. The maximum absolute atomic E-state index is 11.8. The van der Waals surface area contributed by atoms with Gasteiger partial charge >= 0.3 is 0 Å². The van der Waals surface area contributed by atoms with Gasteiger partial charge in [0.1, 0.15) is 5.49 Å². The Kier molecular flexibility index (Phi) is 3.38. The third-order valence-electron chi connectivity index (χ3n) is 3.21. The molecule has 0 aliphatic heterocycles. The molecule has 1 heterocycles. The molecule has 7 nitrogen and oxygen atoms in total. The van der Waals surface area contributed by atoms with Gasteiger partial charge in [0, 0.05) is 17.2 Å². The molecule has 7 heteroatoms. The second kappa shape index (κ2) is 6.70. The summed E-state index contributed by atoms with van der Waals surface area (Å²) < 4.78 is 40.7. The van der Waals surface area contributed by atoms with Crippen LogP contribution in [-0.4, -0.2) is 38.7 Å². The predicted molar refractivity (Wildman–Crippen MR) is 88.9 cm³/mol. The van der Waals surface area contributed by atoms with Crippen LogP contribution in [0.3, 0.4) is 0 Å². The molecule has 128 valence electrons. The fourth-order valence-electron chi connectivity index (χ4n) is 2.05. The third kappa shape index (κ3) is 4.79. The lowest BCUT2D eigenvalue weighted by Gasteiger charge is -2.28. The van der Waals surface area contributed by atoms with Crippen LogP contribution in [-0.2, 0) is 0 Å². The molecule has 1 fully saturated rings. The lowest BCUT2D eigenvalue weighted by molar-refractivity contribution is 0.0704. The minimum atomic E-state index is -2.10. The van der Waals surface area contributed by atoms with Gasteiger partial charge in [0.05, 0.1) is 19.1 Å². The Morgan fingerprint density at radius 1 is 1.65 bits per heavy atom. The lowest BCUT2D eigenvalue weighted by atomic mass is 9.85. The average molecular weight is 326 g/mol. The summed E-state index contributed by atoms with van der Waals surface area (Å²) >= 11 is 0. The van der Waals surface area contributed by atoms with Crippen molar-refractivity contribution in [1.29, 1.82) is 0 Å². The quantitative estimate of drug-likeness (QED) is 0.667. The number of amides is 1. The van der Waals surface area contributed by atoms with E-state index in [9.17, 15) is 9.90 Å². The smallest absolute Gasteiger partial charge is 0.254 e. The van der Waals surface area contributed by atoms with E-state index in [2.05, 4.69) is 20.3 Å². The van der Waals surface area contributed by atoms with Crippen LogP contribution in [0.5, 0.6) is 0 Å². The van der Waals surface area contributed by atoms with Gasteiger partial charge in [0.2, 0.25) is 5.95 Å². The number of aromatic nitrogens is 2. The lowest BCUT2D eigenvalue weighted by Crippen LogP contribution is -2.34. The first kappa shape index (κ1) is 11.6. The van der Waals surface area contributed by atoms with Crippen LogP contribution >= 0.6 is 0 Å². The van der Waals surface area contributed by atoms with Crippen LogP contribution in [0.2, 0.25) is 0 Å². The van der Waals surface area contributed by atoms with Crippen LogP contribution in [0.25, 0.3) is 0 Å². The van der Waals surface area contributed by atoms with Crippen LogP contribution in [0.15, 0.2) is 11.2 Å². The van der Waals surface area contributed by atoms with Crippen LogP contribution in [0.4, 0.5) is 5.95 Å². The van der Waals surface area contributed by atoms with Crippen molar-refractivity contribution in [3.8, 4) is 0 Å². The Morgan fingerprint density at radius 3 is 2.96 bits per heavy atom. The van der Waals surface area contributed by atoms with Gasteiger partial charge in [0.15, 0.2) is 0 Å². The number of H-pyrrole nitrogens is 1. The number of hydrogen-bond donors (Lipinski definition) is 4. The number of nitrogens with one attached hydrogen (secondary N) is 2. The van der Waals surface area contributed by atoms with E-state index < -0.39 is 54.8 Å². The maximum Gasteiger partial charge on any atom is 0.254 e. The van der Waals surface area contributed by atoms with Crippen LogP contribution in [0.1, 0.15) is 64.1 Å². The monoisotopic (exact) mass is 326 g/mol. The molecule has 2 rings (SSSR count). The van der Waals surface area contributed by atoms with Crippen molar-refractivity contribution in [2.45, 2.75) is 64.5 Å². The first-order chi connectivity index (χ1) is 12.7. The summed E-state index contributed by atoms with van der Waals surface area (Å²) in [6.45, 7) is 7.03. The number of nitrogens with two attached hydrogens (primary N) is 1. The first-order valence-corrected chi connectivity index (χ1v) is 7.42. The minimum absolute atomic E-state index is 0.136. The first-order valence-electron chi connectivity index (χ1n) is 10.1. The molecule has 5 N–H and O–H groups in total. The number of nitrogens with zero attached hydrogens (tertiary/aromatic N) is 2. The molecule has 0 spiro atoms. The van der Waals surface area contributed by atoms with Gasteiger partial charge in [-0.05, 0) is 45.9 Å². The van der Waals surface area contributed by atoms with E-state index in [1.54, 1.807) is 0 Å². The van der Waals surface area contributed by atoms with Crippen LogP contribution < -0.4 is 16.5 Å². The summed E-state index contributed by atoms with van der Waals surface area (Å²) in [5, 5.41) is 13.3. The standard InChI is InChI=1S/C16H27N5O2/c1-9-5-6-10(7-12(9)22)19-14-11(13(17)23)8-18-15(20-14)21-16(2,3)4/h8-10,12,22H,5-7H2,1-4H3,(H2,17,23)(H2,18,19,20,21)/i5D2,6D,7D,8D. The topological polar surface area (TPSA) is 116 Å². The van der Waals surface area contributed by atoms with Crippen molar-refractivity contribution in [1.82, 2.24) is 9.97 Å². The molecule has 1 saturated carbocycles. The highest BCUT2D eigenvalue weighted by Crippen LogP contribution is 2.25. The second-order valence-corrected chi connectivity index (χ2v) is 6.58. The maximum atomic E-state index is 11.8. The highest BCUT2D eigenvalue weighted by atomic mass is 16.3. The number of anilines is 1. The molecule has 0 bridgehead atoms. The molecule has 5 unspecified atom stereocenters. The average Bonchev–Trinajstić information content (AvgIpc) is 2.53. The van der Waals surface area contributed by atoms with E-state index in [0.29, 0.717) is 0 Å². The Balaban J connectivity index is 2.66. The molecule has 0 radical (unpaired) electrons. The Labute approximate surface area is 143 Å². The van der Waals surface area contributed by atoms with Gasteiger partial charge in [-0.1, -0.05) is 6.92 Å². The summed E-state index contributed by atoms with van der Waals surface area (Å²) in [5.41, 5.74) is 4.43. The molecule has 1 aromatic heterocycles. The van der Waals surface area contributed by atoms with Gasteiger partial charge in [-0.25, -0.2) is 4.98 Å². The van der Waals surface area contributed by atoms with Crippen molar-refractivity contribution >= 4 is 11.9 Å². The summed E-state index contributed by atoms with van der Waals surface area (Å²) in [5.74, 6) is -1.76. The zero-order valence-electron chi connectivity index (χ0n) is 18.7. The summed E-state index contributed by atoms with van der Waals surface area (Å²) in [7, 11) is 0. The van der Waals surface area contributed by atoms with E-state index in [0.717, 1.165) is 0 Å². The zero-order chi connectivity index (χ0) is 21.6. The summed E-state index contributed by atoms with van der Waals surface area (Å²) in [6, 6.07) is -1.28. The molecule has 23 heavy (non-hydrogen) atoms. The third-order valence-corrected chi connectivity index (χ3v) is 3.21. The SMILES string of the molecule is [2H]c1nc(NC(C)(C)C)[nH]c(=NC2C([2H])C(O)C(C)C([2H])([2H])C2[2H])c1C(N)=O. The van der Waals surface area contributed by atoms with E-state index in [4.69, 9.17) is 12.6 Å². The molecule has 5 atom stereocenters. The van der Waals surface area contributed by atoms with Crippen molar-refractivity contribution in [2.24, 2.45) is 16.6 Å². The Bertz CT molecular complexity index is 823. The normalized spacial score (nSPS) is 37.9. The Hall–Kier alpha value is -1.89. The number of hydrogen-bond acceptors (Lipinski definition) is 5. The highest BCUT2D eigenvalue weighted by molar-refractivity contribution is 5.92. The van der Waals surface area contributed by atoms with E-state index in [-0.39, 0.29) is 17.0 Å². The van der Waals surface area contributed by atoms with Gasteiger partial charge < -0.3 is 21.1 Å². The number of rotatable bonds is 3. The number of carbonyl (C=O) groups is 1. The van der Waals surface area contributed by atoms with E-state index >= 15 is 0 Å². The summed E-state index contributed by atoms with van der Waals surface area (Å²) in [4.78, 5) is 22.7. The van der Waals surface area contributed by atoms with E-state index in [1.807, 2.05) is 20.8 Å². The largest absolute Gasteiger partial charge is 0.393 e. The number of aliphatic hydroxyl groups is 1. The number of primary amides is 1. The summed E-state index contributed by atoms with van der Waals surface area (Å²) in [6.07, 6.45) is -6.61. The molecule has 1 aromatic rings. The number of aromatic amines is 1. The van der Waals surface area contributed by atoms with Gasteiger partial charge in [-0.2, -0.15) is 0 Å². The molecule has 1 amide bonds. The van der Waals surface area contributed by atoms with Gasteiger partial charge in [-0.15, -0.1) is 0 Å². The molecular weight excluding hydrogens is 294 g/mol. The molecule has 1 aliphatic carbocycles. The zero-order valence-corrected chi connectivity index (χ0v) is 13.7. The van der Waals surface area contributed by atoms with Gasteiger partial charge in [0.25, 0.3) is 5.91 Å². The second-order valence-electron chi connectivity index (χ2n) is 6.58. The molecule has 0 aromatic carbocycles. The van der Waals surface area contributed by atoms with E-state index in [1.165, 1.54) is 6.92 Å². The molecular formula is C16H27N5O2. The molecule has 0 saturated heterocycles. The van der Waals surface area contributed by atoms with Crippen molar-refractivity contribution in [3.63, 3.8) is 0 Å². The van der Waals surface area contributed by atoms with Crippen molar-refractivity contribution in [2.75, 3.05) is 5.32 Å². The Morgan fingerprint density at radius 2 is 2.35 bits per heavy atom. The fourth-order valence-corrected chi connectivity index (χ4v) is 2.05. The predicted octanol–water partition coefficient (Wildman–Crippen LogP) is 1.17. The van der Waals surface area contributed by atoms with Crippen molar-refractivity contribution in [3.05, 3.63) is 17.2 Å². The number of aliphatic hydroxyl groups excluding tert-OH is 1. The van der Waals surface area contributed by atoms with Crippen LogP contribution in [0, 0.1) is 5.92 Å². The van der Waals surface area contributed by atoms with Gasteiger partial charge in [-0.3, -0.25) is 9.79 Å². The number of carbonyl (C=O) groups excluding carboxylic acids is 1. The fraction of sp³-hybridized carbons (Fsp3) is 0.688.